The van der Waals surface area contributed by atoms with Gasteiger partial charge in [-0.3, -0.25) is 14.9 Å². The molecule has 1 saturated heterocycles. The standard InChI is InChI=1S/C27H23N3O7/c1-14-5-6-17(26(33)35-4)11-21(14)29-15(2)9-18(16(29)3)10-20-24(31)28-27(34)30(25(20)32)19-7-8-22-23(12-19)37-13-36-22/h5-12H,13H2,1-4H3,(H,28,31,34)/b20-10+. The van der Waals surface area contributed by atoms with E-state index in [1.54, 1.807) is 24.3 Å². The Morgan fingerprint density at radius 1 is 1.00 bits per heavy atom. The first-order valence-corrected chi connectivity index (χ1v) is 11.4. The molecule has 0 aliphatic carbocycles. The first kappa shape index (κ1) is 23.9. The van der Waals surface area contributed by atoms with E-state index >= 15 is 0 Å². The molecule has 0 saturated carbocycles. The van der Waals surface area contributed by atoms with Crippen molar-refractivity contribution >= 4 is 35.6 Å². The van der Waals surface area contributed by atoms with Gasteiger partial charge in [0.25, 0.3) is 11.8 Å². The zero-order valence-electron chi connectivity index (χ0n) is 20.6. The fourth-order valence-electron chi connectivity index (χ4n) is 4.47. The van der Waals surface area contributed by atoms with Crippen molar-refractivity contribution < 1.29 is 33.4 Å². The van der Waals surface area contributed by atoms with E-state index in [0.717, 1.165) is 27.5 Å². The molecule has 10 nitrogen and oxygen atoms in total. The fourth-order valence-corrected chi connectivity index (χ4v) is 4.47. The molecule has 5 rings (SSSR count). The van der Waals surface area contributed by atoms with Gasteiger partial charge in [0.15, 0.2) is 11.5 Å². The number of hydrogen-bond acceptors (Lipinski definition) is 7. The van der Waals surface area contributed by atoms with Crippen molar-refractivity contribution in [2.45, 2.75) is 20.8 Å². The number of esters is 1. The van der Waals surface area contributed by atoms with Crippen molar-refractivity contribution in [2.75, 3.05) is 18.8 Å². The normalized spacial score (nSPS) is 15.8. The van der Waals surface area contributed by atoms with Crippen LogP contribution in [0.2, 0.25) is 0 Å². The number of nitrogens with one attached hydrogen (secondary N) is 1. The van der Waals surface area contributed by atoms with Gasteiger partial charge in [-0.2, -0.15) is 0 Å². The second-order valence-corrected chi connectivity index (χ2v) is 8.65. The lowest BCUT2D eigenvalue weighted by molar-refractivity contribution is -0.122. The van der Waals surface area contributed by atoms with Crippen molar-refractivity contribution in [3.05, 3.63) is 76.1 Å². The number of methoxy groups -OCH3 is 1. The third kappa shape index (κ3) is 4.02. The van der Waals surface area contributed by atoms with E-state index in [4.69, 9.17) is 14.2 Å². The van der Waals surface area contributed by atoms with E-state index < -0.39 is 23.8 Å². The van der Waals surface area contributed by atoms with Crippen LogP contribution in [0.5, 0.6) is 11.5 Å². The van der Waals surface area contributed by atoms with E-state index in [-0.39, 0.29) is 18.1 Å². The SMILES string of the molecule is COC(=O)c1ccc(C)c(-n2c(C)cc(/C=C3\C(=O)NC(=O)N(c4ccc5c(c4)OCO5)C3=O)c2C)c1. The van der Waals surface area contributed by atoms with Crippen LogP contribution in [0.3, 0.4) is 0 Å². The highest BCUT2D eigenvalue weighted by Crippen LogP contribution is 2.36. The summed E-state index contributed by atoms with van der Waals surface area (Å²) >= 11 is 0. The molecule has 3 aromatic rings. The number of ether oxygens (including phenoxy) is 3. The lowest BCUT2D eigenvalue weighted by Gasteiger charge is -2.26. The van der Waals surface area contributed by atoms with Crippen LogP contribution in [-0.2, 0) is 14.3 Å². The molecule has 2 aliphatic heterocycles. The fraction of sp³-hybridized carbons (Fsp3) is 0.185. The lowest BCUT2D eigenvalue weighted by atomic mass is 10.1. The second kappa shape index (κ2) is 8.98. The van der Waals surface area contributed by atoms with Crippen LogP contribution in [-0.4, -0.2) is 42.3 Å². The summed E-state index contributed by atoms with van der Waals surface area (Å²) in [7, 11) is 1.32. The van der Waals surface area contributed by atoms with Crippen LogP contribution in [0, 0.1) is 20.8 Å². The number of hydrogen-bond donors (Lipinski definition) is 1. The Morgan fingerprint density at radius 3 is 2.51 bits per heavy atom. The molecular weight excluding hydrogens is 478 g/mol. The molecule has 1 aromatic heterocycles. The van der Waals surface area contributed by atoms with Crippen LogP contribution in [0.15, 0.2) is 48.0 Å². The lowest BCUT2D eigenvalue weighted by Crippen LogP contribution is -2.54. The Balaban J connectivity index is 1.55. The maximum absolute atomic E-state index is 13.4. The monoisotopic (exact) mass is 501 g/mol. The Hall–Kier alpha value is -4.86. The highest BCUT2D eigenvalue weighted by atomic mass is 16.7. The second-order valence-electron chi connectivity index (χ2n) is 8.65. The molecule has 0 bridgehead atoms. The van der Waals surface area contributed by atoms with Gasteiger partial charge >= 0.3 is 12.0 Å². The van der Waals surface area contributed by atoms with Gasteiger partial charge in [-0.05, 0) is 68.3 Å². The number of barbiturate groups is 1. The smallest absolute Gasteiger partial charge is 0.337 e. The molecule has 3 heterocycles. The van der Waals surface area contributed by atoms with E-state index in [1.807, 2.05) is 37.5 Å². The number of nitrogens with zero attached hydrogens (tertiary/aromatic N) is 2. The quantitative estimate of drug-likeness (QED) is 0.330. The molecule has 10 heteroatoms. The van der Waals surface area contributed by atoms with E-state index in [2.05, 4.69) is 5.32 Å². The highest BCUT2D eigenvalue weighted by molar-refractivity contribution is 6.39. The minimum atomic E-state index is -0.855. The average molecular weight is 501 g/mol. The van der Waals surface area contributed by atoms with Crippen LogP contribution in [0.25, 0.3) is 11.8 Å². The number of carbonyl (C=O) groups is 4. The molecule has 188 valence electrons. The molecule has 37 heavy (non-hydrogen) atoms. The zero-order valence-corrected chi connectivity index (χ0v) is 20.6. The molecule has 0 atom stereocenters. The van der Waals surface area contributed by atoms with Gasteiger partial charge in [0.2, 0.25) is 6.79 Å². The van der Waals surface area contributed by atoms with E-state index in [9.17, 15) is 19.2 Å². The summed E-state index contributed by atoms with van der Waals surface area (Å²) in [4.78, 5) is 51.7. The molecule has 2 aliphatic rings. The van der Waals surface area contributed by atoms with Gasteiger partial charge < -0.3 is 18.8 Å². The predicted octanol–water partition coefficient (Wildman–Crippen LogP) is 3.58. The van der Waals surface area contributed by atoms with Crippen molar-refractivity contribution in [1.29, 1.82) is 0 Å². The summed E-state index contributed by atoms with van der Waals surface area (Å²) in [5.74, 6) is -1.11. The van der Waals surface area contributed by atoms with E-state index in [1.165, 1.54) is 19.3 Å². The molecule has 0 spiro atoms. The largest absolute Gasteiger partial charge is 0.465 e. The highest BCUT2D eigenvalue weighted by Gasteiger charge is 2.37. The number of aryl methyl sites for hydroxylation is 2. The van der Waals surface area contributed by atoms with Gasteiger partial charge in [-0.25, -0.2) is 14.5 Å². The Morgan fingerprint density at radius 2 is 1.76 bits per heavy atom. The van der Waals surface area contributed by atoms with Gasteiger partial charge in [-0.15, -0.1) is 0 Å². The van der Waals surface area contributed by atoms with Gasteiger partial charge in [0.1, 0.15) is 5.57 Å². The number of urea groups is 1. The van der Waals surface area contributed by atoms with Crippen molar-refractivity contribution in [3.63, 3.8) is 0 Å². The maximum Gasteiger partial charge on any atom is 0.337 e. The van der Waals surface area contributed by atoms with Crippen molar-refractivity contribution in [1.82, 2.24) is 9.88 Å². The number of amides is 4. The Bertz CT molecular complexity index is 1530. The summed E-state index contributed by atoms with van der Waals surface area (Å²) in [6.45, 7) is 5.68. The Kier molecular flexibility index (Phi) is 5.79. The summed E-state index contributed by atoms with van der Waals surface area (Å²) in [5.41, 5.74) is 4.29. The first-order valence-electron chi connectivity index (χ1n) is 11.4. The summed E-state index contributed by atoms with van der Waals surface area (Å²) in [6, 6.07) is 10.9. The summed E-state index contributed by atoms with van der Waals surface area (Å²) in [5, 5.41) is 2.23. The first-order chi connectivity index (χ1) is 17.7. The van der Waals surface area contributed by atoms with Gasteiger partial charge in [-0.1, -0.05) is 6.07 Å². The number of benzene rings is 2. The van der Waals surface area contributed by atoms with Crippen molar-refractivity contribution in [2.24, 2.45) is 0 Å². The number of fused-ring (bicyclic) bond motifs is 1. The number of aromatic nitrogens is 1. The topological polar surface area (TPSA) is 116 Å². The average Bonchev–Trinajstić information content (AvgIpc) is 3.44. The van der Waals surface area contributed by atoms with Crippen LogP contribution < -0.4 is 19.7 Å². The number of rotatable bonds is 4. The van der Waals surface area contributed by atoms with E-state index in [0.29, 0.717) is 22.6 Å². The molecule has 0 radical (unpaired) electrons. The van der Waals surface area contributed by atoms with Crippen LogP contribution >= 0.6 is 0 Å². The number of imide groups is 2. The van der Waals surface area contributed by atoms with Gasteiger partial charge in [0.05, 0.1) is 18.4 Å². The third-order valence-electron chi connectivity index (χ3n) is 6.36. The van der Waals surface area contributed by atoms with Crippen LogP contribution in [0.1, 0.15) is 32.9 Å². The molecule has 1 N–H and O–H groups in total. The maximum atomic E-state index is 13.4. The predicted molar refractivity (Wildman–Crippen MR) is 133 cm³/mol. The Labute approximate surface area is 212 Å². The molecule has 4 amide bonds. The number of carbonyl (C=O) groups excluding carboxylic acids is 4. The van der Waals surface area contributed by atoms with Gasteiger partial charge in [0, 0.05) is 23.1 Å². The summed E-state index contributed by atoms with van der Waals surface area (Å²) < 4.78 is 17.4. The molecule has 2 aromatic carbocycles. The third-order valence-corrected chi connectivity index (χ3v) is 6.36. The molecular formula is C27H23N3O7. The zero-order chi connectivity index (χ0) is 26.4. The number of anilines is 1. The summed E-state index contributed by atoms with van der Waals surface area (Å²) in [6.07, 6.45) is 1.46. The minimum Gasteiger partial charge on any atom is -0.465 e. The molecule has 1 fully saturated rings. The van der Waals surface area contributed by atoms with Crippen molar-refractivity contribution in [3.8, 4) is 17.2 Å². The molecule has 0 unspecified atom stereocenters. The van der Waals surface area contributed by atoms with Crippen LogP contribution in [0.4, 0.5) is 10.5 Å². The minimum absolute atomic E-state index is 0.0419.